The van der Waals surface area contributed by atoms with Gasteiger partial charge < -0.3 is 0 Å². The van der Waals surface area contributed by atoms with Gasteiger partial charge in [-0.05, 0) is 43.0 Å². The Morgan fingerprint density at radius 2 is 1.79 bits per heavy atom. The van der Waals surface area contributed by atoms with Crippen LogP contribution in [0.5, 0.6) is 0 Å². The van der Waals surface area contributed by atoms with Crippen LogP contribution in [0.1, 0.15) is 48.1 Å². The first-order valence-corrected chi connectivity index (χ1v) is 9.90. The highest BCUT2D eigenvalue weighted by Crippen LogP contribution is 2.22. The van der Waals surface area contributed by atoms with E-state index in [0.29, 0.717) is 16.5 Å². The summed E-state index contributed by atoms with van der Waals surface area (Å²) in [4.78, 5) is 28.8. The number of imide groups is 1. The van der Waals surface area contributed by atoms with Gasteiger partial charge in [-0.25, -0.2) is 4.98 Å². The highest BCUT2D eigenvalue weighted by atomic mass is 32.2. The zero-order valence-electron chi connectivity index (χ0n) is 16.6. The lowest BCUT2D eigenvalue weighted by atomic mass is 9.87. The average molecular weight is 398 g/mol. The van der Waals surface area contributed by atoms with Crippen molar-refractivity contribution in [3.05, 3.63) is 52.8 Å². The maximum atomic E-state index is 12.3. The van der Waals surface area contributed by atoms with Crippen LogP contribution >= 0.6 is 11.8 Å². The lowest BCUT2D eigenvalue weighted by molar-refractivity contribution is -0.117. The molecule has 8 heteroatoms. The maximum absolute atomic E-state index is 12.3. The van der Waals surface area contributed by atoms with Crippen molar-refractivity contribution < 1.29 is 9.59 Å². The van der Waals surface area contributed by atoms with Crippen LogP contribution in [0.25, 0.3) is 5.78 Å². The topological polar surface area (TPSA) is 89.2 Å². The van der Waals surface area contributed by atoms with Gasteiger partial charge in [-0.1, -0.05) is 44.7 Å². The van der Waals surface area contributed by atoms with Crippen molar-refractivity contribution in [3.8, 4) is 0 Å². The summed E-state index contributed by atoms with van der Waals surface area (Å²) in [6.07, 6.45) is 0. The molecule has 0 saturated carbocycles. The summed E-state index contributed by atoms with van der Waals surface area (Å²) in [6, 6.07) is 9.22. The van der Waals surface area contributed by atoms with Crippen molar-refractivity contribution in [1.82, 2.24) is 24.9 Å². The number of nitrogens with zero attached hydrogens (tertiary/aromatic N) is 4. The molecule has 0 radical (unpaired) electrons. The predicted octanol–water partition coefficient (Wildman–Crippen LogP) is 3.09. The fraction of sp³-hybridized carbons (Fsp3) is 0.350. The van der Waals surface area contributed by atoms with Gasteiger partial charge in [0, 0.05) is 17.0 Å². The fourth-order valence-electron chi connectivity index (χ4n) is 2.78. The number of amides is 2. The molecule has 2 heterocycles. The minimum atomic E-state index is -0.411. The normalized spacial score (nSPS) is 11.6. The molecule has 0 unspecified atom stereocenters. The van der Waals surface area contributed by atoms with E-state index < -0.39 is 5.91 Å². The van der Waals surface area contributed by atoms with Crippen LogP contribution in [0.2, 0.25) is 0 Å². The Kier molecular flexibility index (Phi) is 5.51. The summed E-state index contributed by atoms with van der Waals surface area (Å²) >= 11 is 1.21. The molecular formula is C20H23N5O2S. The molecule has 2 aromatic heterocycles. The van der Waals surface area contributed by atoms with Crippen molar-refractivity contribution in [3.63, 3.8) is 0 Å². The number of nitrogens with one attached hydrogen (secondary N) is 1. The maximum Gasteiger partial charge on any atom is 0.257 e. The van der Waals surface area contributed by atoms with Crippen molar-refractivity contribution >= 4 is 29.4 Å². The predicted molar refractivity (Wildman–Crippen MR) is 109 cm³/mol. The standard InChI is InChI=1S/C20H23N5O2S/c1-12-10-13(2)25-18(21-12)23-24-19(25)28-11-16(26)22-17(27)14-6-8-15(9-7-14)20(3,4)5/h6-10H,11H2,1-5H3,(H,22,26,27). The lowest BCUT2D eigenvalue weighted by Crippen LogP contribution is -2.32. The Balaban J connectivity index is 1.62. The molecule has 1 aromatic carbocycles. The Hall–Kier alpha value is -2.74. The van der Waals surface area contributed by atoms with E-state index in [9.17, 15) is 9.59 Å². The molecule has 7 nitrogen and oxygen atoms in total. The van der Waals surface area contributed by atoms with Crippen molar-refractivity contribution in [1.29, 1.82) is 0 Å². The smallest absolute Gasteiger partial charge is 0.257 e. The molecule has 0 fully saturated rings. The molecule has 2 amide bonds. The molecule has 0 saturated heterocycles. The minimum Gasteiger partial charge on any atom is -0.292 e. The van der Waals surface area contributed by atoms with Gasteiger partial charge in [-0.15, -0.1) is 10.2 Å². The van der Waals surface area contributed by atoms with Crippen LogP contribution in [0, 0.1) is 13.8 Å². The number of aryl methyl sites for hydroxylation is 2. The van der Waals surface area contributed by atoms with E-state index in [4.69, 9.17) is 0 Å². The number of fused-ring (bicyclic) bond motifs is 1. The fourth-order valence-corrected chi connectivity index (χ4v) is 3.57. The third kappa shape index (κ3) is 4.39. The molecule has 0 bridgehead atoms. The summed E-state index contributed by atoms with van der Waals surface area (Å²) in [5.41, 5.74) is 3.38. The van der Waals surface area contributed by atoms with Crippen LogP contribution in [-0.2, 0) is 10.2 Å². The van der Waals surface area contributed by atoms with Crippen LogP contribution in [0.4, 0.5) is 0 Å². The van der Waals surface area contributed by atoms with E-state index in [1.165, 1.54) is 11.8 Å². The van der Waals surface area contributed by atoms with E-state index in [0.717, 1.165) is 17.0 Å². The number of hydrogen-bond acceptors (Lipinski definition) is 6. The van der Waals surface area contributed by atoms with Gasteiger partial charge in [0.25, 0.3) is 11.7 Å². The molecule has 0 spiro atoms. The number of carbonyl (C=O) groups excluding carboxylic acids is 2. The van der Waals surface area contributed by atoms with Gasteiger partial charge in [0.05, 0.1) is 5.75 Å². The number of carbonyl (C=O) groups is 2. The van der Waals surface area contributed by atoms with Crippen molar-refractivity contribution in [2.24, 2.45) is 0 Å². The lowest BCUT2D eigenvalue weighted by Gasteiger charge is -2.18. The average Bonchev–Trinajstić information content (AvgIpc) is 3.02. The Morgan fingerprint density at radius 1 is 1.11 bits per heavy atom. The second kappa shape index (κ2) is 7.71. The van der Waals surface area contributed by atoms with Gasteiger partial charge in [0.1, 0.15) is 0 Å². The van der Waals surface area contributed by atoms with Crippen LogP contribution in [0.15, 0.2) is 35.5 Å². The molecule has 0 atom stereocenters. The molecule has 3 rings (SSSR count). The zero-order chi connectivity index (χ0) is 20.5. The van der Waals surface area contributed by atoms with Crippen LogP contribution in [0.3, 0.4) is 0 Å². The van der Waals surface area contributed by atoms with E-state index >= 15 is 0 Å². The van der Waals surface area contributed by atoms with E-state index in [1.54, 1.807) is 16.5 Å². The minimum absolute atomic E-state index is 0.00795. The Morgan fingerprint density at radius 3 is 2.43 bits per heavy atom. The highest BCUT2D eigenvalue weighted by molar-refractivity contribution is 7.99. The molecule has 0 aliphatic rings. The molecule has 146 valence electrons. The first-order chi connectivity index (χ1) is 13.1. The van der Waals surface area contributed by atoms with Gasteiger partial charge in [-0.3, -0.25) is 19.3 Å². The quantitative estimate of drug-likeness (QED) is 0.681. The second-order valence-corrected chi connectivity index (χ2v) is 8.59. The summed E-state index contributed by atoms with van der Waals surface area (Å²) in [5, 5.41) is 11.1. The summed E-state index contributed by atoms with van der Waals surface area (Å²) in [7, 11) is 0. The molecule has 3 aromatic rings. The van der Waals surface area contributed by atoms with E-state index in [1.807, 2.05) is 32.0 Å². The first-order valence-electron chi connectivity index (χ1n) is 8.92. The van der Waals surface area contributed by atoms with E-state index in [2.05, 4.69) is 41.3 Å². The monoisotopic (exact) mass is 397 g/mol. The van der Waals surface area contributed by atoms with Crippen LogP contribution < -0.4 is 5.32 Å². The van der Waals surface area contributed by atoms with Crippen molar-refractivity contribution in [2.45, 2.75) is 45.2 Å². The summed E-state index contributed by atoms with van der Waals surface area (Å²) in [6.45, 7) is 10.1. The van der Waals surface area contributed by atoms with Crippen molar-refractivity contribution in [2.75, 3.05) is 5.75 Å². The van der Waals surface area contributed by atoms with Gasteiger partial charge in [0.15, 0.2) is 5.16 Å². The number of benzene rings is 1. The Labute approximate surface area is 168 Å². The Bertz CT molecular complexity index is 1040. The second-order valence-electron chi connectivity index (χ2n) is 7.65. The third-order valence-corrected chi connectivity index (χ3v) is 5.19. The third-order valence-electron chi connectivity index (χ3n) is 4.26. The van der Waals surface area contributed by atoms with Crippen LogP contribution in [-0.4, -0.2) is 37.1 Å². The van der Waals surface area contributed by atoms with Gasteiger partial charge >= 0.3 is 0 Å². The molecular weight excluding hydrogens is 374 g/mol. The zero-order valence-corrected chi connectivity index (χ0v) is 17.4. The molecule has 28 heavy (non-hydrogen) atoms. The van der Waals surface area contributed by atoms with Gasteiger partial charge in [-0.2, -0.15) is 0 Å². The van der Waals surface area contributed by atoms with E-state index in [-0.39, 0.29) is 17.1 Å². The highest BCUT2D eigenvalue weighted by Gasteiger charge is 2.17. The first kappa shape index (κ1) is 20.0. The SMILES string of the molecule is Cc1cc(C)n2c(SCC(=O)NC(=O)c3ccc(C(C)(C)C)cc3)nnc2n1. The summed E-state index contributed by atoms with van der Waals surface area (Å²) < 4.78 is 1.79. The number of hydrogen-bond donors (Lipinski definition) is 1. The molecule has 0 aliphatic carbocycles. The summed E-state index contributed by atoms with van der Waals surface area (Å²) in [5.74, 6) is -0.245. The number of rotatable bonds is 4. The number of aromatic nitrogens is 4. The largest absolute Gasteiger partial charge is 0.292 e. The number of thioether (sulfide) groups is 1. The molecule has 0 aliphatic heterocycles. The van der Waals surface area contributed by atoms with Gasteiger partial charge in [0.2, 0.25) is 5.91 Å². The molecule has 1 N–H and O–H groups in total.